The van der Waals surface area contributed by atoms with E-state index in [9.17, 15) is 4.79 Å². The lowest BCUT2D eigenvalue weighted by molar-refractivity contribution is -0.121. The fraction of sp³-hybridized carbons (Fsp3) is 0.417. The molecule has 17 heavy (non-hydrogen) atoms. The third-order valence-electron chi connectivity index (χ3n) is 2.10. The number of carbonyl (C=O) groups is 1. The van der Waals surface area contributed by atoms with Gasteiger partial charge in [0.05, 0.1) is 6.54 Å². The van der Waals surface area contributed by atoms with Crippen LogP contribution >= 0.6 is 11.6 Å². The van der Waals surface area contributed by atoms with Crippen molar-refractivity contribution in [3.8, 4) is 5.75 Å². The van der Waals surface area contributed by atoms with Crippen molar-refractivity contribution in [3.05, 3.63) is 29.3 Å². The lowest BCUT2D eigenvalue weighted by Gasteiger charge is -2.07. The molecule has 94 valence electrons. The molecule has 5 heteroatoms. The Morgan fingerprint density at radius 1 is 1.47 bits per heavy atom. The fourth-order valence-electron chi connectivity index (χ4n) is 1.27. The molecule has 0 aliphatic heterocycles. The van der Waals surface area contributed by atoms with Crippen LogP contribution in [-0.2, 0) is 4.79 Å². The first-order valence-corrected chi connectivity index (χ1v) is 5.95. The third-order valence-corrected chi connectivity index (χ3v) is 2.33. The molecule has 1 amide bonds. The molecule has 0 unspecified atom stereocenters. The van der Waals surface area contributed by atoms with Crippen LogP contribution in [-0.4, -0.2) is 25.6 Å². The quantitative estimate of drug-likeness (QED) is 0.728. The molecule has 3 N–H and O–H groups in total. The van der Waals surface area contributed by atoms with Crippen molar-refractivity contribution in [3.63, 3.8) is 0 Å². The first-order valence-electron chi connectivity index (χ1n) is 5.57. The molecule has 0 spiro atoms. The smallest absolute Gasteiger partial charge is 0.220 e. The molecule has 1 aromatic rings. The Kier molecular flexibility index (Phi) is 6.43. The van der Waals surface area contributed by atoms with Crippen molar-refractivity contribution in [2.75, 3.05) is 19.7 Å². The van der Waals surface area contributed by atoms with E-state index < -0.39 is 0 Å². The molecule has 0 aliphatic carbocycles. The summed E-state index contributed by atoms with van der Waals surface area (Å²) in [6, 6.07) is 7.15. The number of nitrogens with two attached hydrogens (primary N) is 1. The predicted octanol–water partition coefficient (Wildman–Crippen LogP) is 1.57. The number of ether oxygens (including phenoxy) is 1. The molecule has 0 heterocycles. The summed E-state index contributed by atoms with van der Waals surface area (Å²) >= 11 is 5.80. The summed E-state index contributed by atoms with van der Waals surface area (Å²) in [6.45, 7) is 1.44. The van der Waals surface area contributed by atoms with Gasteiger partial charge in [-0.15, -0.1) is 0 Å². The fourth-order valence-corrected chi connectivity index (χ4v) is 1.45. The van der Waals surface area contributed by atoms with Gasteiger partial charge in [-0.25, -0.2) is 0 Å². The second-order valence-electron chi connectivity index (χ2n) is 3.55. The van der Waals surface area contributed by atoms with Gasteiger partial charge in [-0.3, -0.25) is 4.79 Å². The zero-order chi connectivity index (χ0) is 12.5. The molecule has 0 saturated heterocycles. The maximum absolute atomic E-state index is 11.2. The Hall–Kier alpha value is -1.26. The van der Waals surface area contributed by atoms with Crippen molar-refractivity contribution < 1.29 is 9.53 Å². The SMILES string of the molecule is NCCCC(=O)NCCOc1cccc(Cl)c1. The van der Waals surface area contributed by atoms with Gasteiger partial charge in [0.25, 0.3) is 0 Å². The van der Waals surface area contributed by atoms with Gasteiger partial charge < -0.3 is 15.8 Å². The third kappa shape index (κ3) is 6.14. The van der Waals surface area contributed by atoms with Crippen LogP contribution in [0.1, 0.15) is 12.8 Å². The van der Waals surface area contributed by atoms with Gasteiger partial charge >= 0.3 is 0 Å². The first kappa shape index (κ1) is 13.8. The second-order valence-corrected chi connectivity index (χ2v) is 3.98. The van der Waals surface area contributed by atoms with E-state index in [1.54, 1.807) is 12.1 Å². The minimum absolute atomic E-state index is 0.00476. The number of rotatable bonds is 7. The van der Waals surface area contributed by atoms with E-state index >= 15 is 0 Å². The Labute approximate surface area is 106 Å². The van der Waals surface area contributed by atoms with E-state index in [0.29, 0.717) is 43.3 Å². The summed E-state index contributed by atoms with van der Waals surface area (Å²) in [5.41, 5.74) is 5.30. The lowest BCUT2D eigenvalue weighted by Crippen LogP contribution is -2.28. The largest absolute Gasteiger partial charge is 0.492 e. The molecule has 1 rings (SSSR count). The van der Waals surface area contributed by atoms with Crippen LogP contribution in [0.2, 0.25) is 5.02 Å². The summed E-state index contributed by atoms with van der Waals surface area (Å²) in [6.07, 6.45) is 1.18. The van der Waals surface area contributed by atoms with Crippen molar-refractivity contribution in [2.45, 2.75) is 12.8 Å². The Morgan fingerprint density at radius 2 is 2.29 bits per heavy atom. The van der Waals surface area contributed by atoms with Crippen LogP contribution in [0.3, 0.4) is 0 Å². The van der Waals surface area contributed by atoms with E-state index in [1.807, 2.05) is 12.1 Å². The molecule has 0 saturated carbocycles. The molecule has 0 atom stereocenters. The molecule has 0 aliphatic rings. The summed E-state index contributed by atoms with van der Waals surface area (Å²) in [7, 11) is 0. The first-order chi connectivity index (χ1) is 8.22. The minimum Gasteiger partial charge on any atom is -0.492 e. The highest BCUT2D eigenvalue weighted by Crippen LogP contribution is 2.16. The number of hydrogen-bond acceptors (Lipinski definition) is 3. The Morgan fingerprint density at radius 3 is 3.00 bits per heavy atom. The van der Waals surface area contributed by atoms with Crippen LogP contribution in [0, 0.1) is 0 Å². The van der Waals surface area contributed by atoms with E-state index in [-0.39, 0.29) is 5.91 Å². The van der Waals surface area contributed by atoms with E-state index in [2.05, 4.69) is 5.32 Å². The van der Waals surface area contributed by atoms with E-state index in [4.69, 9.17) is 22.1 Å². The highest BCUT2D eigenvalue weighted by atomic mass is 35.5. The highest BCUT2D eigenvalue weighted by Gasteiger charge is 1.99. The predicted molar refractivity (Wildman–Crippen MR) is 68.2 cm³/mol. The standard InChI is InChI=1S/C12H17ClN2O2/c13-10-3-1-4-11(9-10)17-8-7-15-12(16)5-2-6-14/h1,3-4,9H,2,5-8,14H2,(H,15,16). The Balaban J connectivity index is 2.14. The average Bonchev–Trinajstić information content (AvgIpc) is 2.32. The number of amides is 1. The van der Waals surface area contributed by atoms with Gasteiger partial charge in [0.15, 0.2) is 0 Å². The van der Waals surface area contributed by atoms with Crippen LogP contribution in [0.5, 0.6) is 5.75 Å². The summed E-state index contributed by atoms with van der Waals surface area (Å²) in [5.74, 6) is 0.707. The molecule has 0 fully saturated rings. The molecular weight excluding hydrogens is 240 g/mol. The molecule has 1 aromatic carbocycles. The van der Waals surface area contributed by atoms with Gasteiger partial charge in [0.2, 0.25) is 5.91 Å². The van der Waals surface area contributed by atoms with Gasteiger partial charge in [-0.05, 0) is 31.2 Å². The van der Waals surface area contributed by atoms with Crippen molar-refractivity contribution >= 4 is 17.5 Å². The van der Waals surface area contributed by atoms with Gasteiger partial charge in [0.1, 0.15) is 12.4 Å². The molecule has 4 nitrogen and oxygen atoms in total. The summed E-state index contributed by atoms with van der Waals surface area (Å²) in [5, 5.41) is 3.38. The lowest BCUT2D eigenvalue weighted by atomic mass is 10.3. The maximum atomic E-state index is 11.2. The van der Waals surface area contributed by atoms with Gasteiger partial charge in [-0.1, -0.05) is 17.7 Å². The number of benzene rings is 1. The maximum Gasteiger partial charge on any atom is 0.220 e. The molecule has 0 bridgehead atoms. The summed E-state index contributed by atoms with van der Waals surface area (Å²) in [4.78, 5) is 11.2. The topological polar surface area (TPSA) is 64.4 Å². The number of hydrogen-bond donors (Lipinski definition) is 2. The minimum atomic E-state index is 0.00476. The van der Waals surface area contributed by atoms with Gasteiger partial charge in [-0.2, -0.15) is 0 Å². The molecular formula is C12H17ClN2O2. The van der Waals surface area contributed by atoms with Crippen molar-refractivity contribution in [2.24, 2.45) is 5.73 Å². The molecule has 0 radical (unpaired) electrons. The number of nitrogens with one attached hydrogen (secondary N) is 1. The van der Waals surface area contributed by atoms with E-state index in [1.165, 1.54) is 0 Å². The van der Waals surface area contributed by atoms with E-state index in [0.717, 1.165) is 0 Å². The normalized spacial score (nSPS) is 10.0. The van der Waals surface area contributed by atoms with Gasteiger partial charge in [0, 0.05) is 11.4 Å². The average molecular weight is 257 g/mol. The zero-order valence-corrected chi connectivity index (χ0v) is 10.4. The highest BCUT2D eigenvalue weighted by molar-refractivity contribution is 6.30. The monoisotopic (exact) mass is 256 g/mol. The zero-order valence-electron chi connectivity index (χ0n) is 9.62. The van der Waals surface area contributed by atoms with Crippen LogP contribution in [0.4, 0.5) is 0 Å². The second kappa shape index (κ2) is 7.92. The van der Waals surface area contributed by atoms with Crippen LogP contribution < -0.4 is 15.8 Å². The van der Waals surface area contributed by atoms with Crippen molar-refractivity contribution in [1.82, 2.24) is 5.32 Å². The van der Waals surface area contributed by atoms with Crippen LogP contribution in [0.15, 0.2) is 24.3 Å². The Bertz CT molecular complexity index is 358. The summed E-state index contributed by atoms with van der Waals surface area (Å²) < 4.78 is 5.42. The van der Waals surface area contributed by atoms with Crippen molar-refractivity contribution in [1.29, 1.82) is 0 Å². The molecule has 0 aromatic heterocycles. The van der Waals surface area contributed by atoms with Crippen LogP contribution in [0.25, 0.3) is 0 Å². The number of halogens is 1. The number of carbonyl (C=O) groups excluding carboxylic acids is 1.